The van der Waals surface area contributed by atoms with Gasteiger partial charge in [-0.25, -0.2) is 0 Å². The van der Waals surface area contributed by atoms with Crippen LogP contribution in [0.3, 0.4) is 0 Å². The molecule has 0 aromatic heterocycles. The van der Waals surface area contributed by atoms with Gasteiger partial charge >= 0.3 is 12.3 Å². The Hall–Kier alpha value is -2.38. The maximum absolute atomic E-state index is 12.8. The maximum atomic E-state index is 12.8. The van der Waals surface area contributed by atoms with Crippen LogP contribution in [-0.2, 0) is 9.59 Å². The largest absolute Gasteiger partial charge is 0.586 e. The number of carboxylic acids is 1. The minimum absolute atomic E-state index is 0.146. The van der Waals surface area contributed by atoms with Gasteiger partial charge in [-0.15, -0.1) is 8.78 Å². The van der Waals surface area contributed by atoms with Gasteiger partial charge < -0.3 is 19.9 Å². The van der Waals surface area contributed by atoms with Crippen LogP contribution in [0.25, 0.3) is 0 Å². The summed E-state index contributed by atoms with van der Waals surface area (Å²) in [4.78, 5) is 22.8. The molecule has 106 valence electrons. The summed E-state index contributed by atoms with van der Waals surface area (Å²) >= 11 is 0. The Kier molecular flexibility index (Phi) is 2.41. The number of fused-ring (bicyclic) bond motifs is 1. The Morgan fingerprint density at radius 2 is 1.85 bits per heavy atom. The lowest BCUT2D eigenvalue weighted by molar-refractivity contribution is -0.286. The van der Waals surface area contributed by atoms with Gasteiger partial charge in [0.05, 0.1) is 0 Å². The number of carbonyl (C=O) groups is 2. The predicted molar refractivity (Wildman–Crippen MR) is 60.6 cm³/mol. The number of benzene rings is 1. The van der Waals surface area contributed by atoms with E-state index in [1.807, 2.05) is 0 Å². The lowest BCUT2D eigenvalue weighted by atomic mass is 10.1. The highest BCUT2D eigenvalue weighted by Crippen LogP contribution is 2.47. The molecule has 1 aromatic rings. The highest BCUT2D eigenvalue weighted by Gasteiger charge is 2.57. The molecule has 1 fully saturated rings. The number of hydrogen-bond donors (Lipinski definition) is 2. The number of aliphatic carboxylic acids is 1. The fraction of sp³-hybridized carbons (Fsp3) is 0.333. The van der Waals surface area contributed by atoms with E-state index in [4.69, 9.17) is 5.11 Å². The van der Waals surface area contributed by atoms with Crippen molar-refractivity contribution in [3.05, 3.63) is 18.2 Å². The highest BCUT2D eigenvalue weighted by atomic mass is 19.3. The summed E-state index contributed by atoms with van der Waals surface area (Å²) in [7, 11) is 0. The van der Waals surface area contributed by atoms with Gasteiger partial charge in [0, 0.05) is 11.8 Å². The summed E-state index contributed by atoms with van der Waals surface area (Å²) in [6, 6.07) is 3.71. The van der Waals surface area contributed by atoms with Crippen molar-refractivity contribution in [3.63, 3.8) is 0 Å². The van der Waals surface area contributed by atoms with Crippen LogP contribution in [0.1, 0.15) is 12.8 Å². The van der Waals surface area contributed by atoms with Crippen molar-refractivity contribution in [1.29, 1.82) is 0 Å². The average Bonchev–Trinajstić information content (AvgIpc) is 3.08. The number of nitrogens with one attached hydrogen (secondary N) is 1. The lowest BCUT2D eigenvalue weighted by Gasteiger charge is -2.10. The summed E-state index contributed by atoms with van der Waals surface area (Å²) in [6.07, 6.45) is -3.21. The van der Waals surface area contributed by atoms with Gasteiger partial charge in [0.1, 0.15) is 5.41 Å². The van der Waals surface area contributed by atoms with Crippen LogP contribution in [0.15, 0.2) is 18.2 Å². The van der Waals surface area contributed by atoms with Crippen molar-refractivity contribution in [2.75, 3.05) is 5.32 Å². The van der Waals surface area contributed by atoms with Crippen LogP contribution in [0.5, 0.6) is 11.5 Å². The van der Waals surface area contributed by atoms with Crippen LogP contribution in [0.4, 0.5) is 14.5 Å². The molecular weight excluding hydrogens is 276 g/mol. The monoisotopic (exact) mass is 285 g/mol. The molecule has 0 bridgehead atoms. The molecule has 6 nitrogen and oxygen atoms in total. The molecule has 0 radical (unpaired) electrons. The third kappa shape index (κ3) is 1.93. The molecular formula is C12H9F2NO5. The van der Waals surface area contributed by atoms with Crippen LogP contribution < -0.4 is 14.8 Å². The summed E-state index contributed by atoms with van der Waals surface area (Å²) in [5, 5.41) is 11.4. The van der Waals surface area contributed by atoms with Crippen molar-refractivity contribution in [3.8, 4) is 11.5 Å². The summed E-state index contributed by atoms with van der Waals surface area (Å²) in [5.41, 5.74) is -1.23. The topological polar surface area (TPSA) is 84.9 Å². The molecule has 1 saturated carbocycles. The minimum Gasteiger partial charge on any atom is -0.480 e. The Balaban J connectivity index is 1.78. The number of rotatable bonds is 3. The maximum Gasteiger partial charge on any atom is 0.586 e. The van der Waals surface area contributed by atoms with Gasteiger partial charge in [-0.2, -0.15) is 0 Å². The van der Waals surface area contributed by atoms with Crippen molar-refractivity contribution >= 4 is 17.6 Å². The molecule has 1 aliphatic heterocycles. The molecule has 20 heavy (non-hydrogen) atoms. The van der Waals surface area contributed by atoms with Crippen molar-refractivity contribution < 1.29 is 33.0 Å². The first-order valence-electron chi connectivity index (χ1n) is 5.77. The smallest absolute Gasteiger partial charge is 0.480 e. The zero-order valence-electron chi connectivity index (χ0n) is 9.98. The van der Waals surface area contributed by atoms with Crippen molar-refractivity contribution in [1.82, 2.24) is 0 Å². The molecule has 3 rings (SSSR count). The van der Waals surface area contributed by atoms with Crippen LogP contribution in [-0.4, -0.2) is 23.3 Å². The third-order valence-corrected chi connectivity index (χ3v) is 3.25. The SMILES string of the molecule is O=C(O)C1(C(=O)Nc2ccc3c(c2)OC(F)(F)O3)CC1. The molecule has 0 atom stereocenters. The molecule has 0 unspecified atom stereocenters. The number of anilines is 1. The zero-order chi connectivity index (χ0) is 14.5. The van der Waals surface area contributed by atoms with E-state index in [0.29, 0.717) is 0 Å². The summed E-state index contributed by atoms with van der Waals surface area (Å²) in [5.74, 6) is -2.22. The standard InChI is InChI=1S/C12H9F2NO5/c13-12(14)19-7-2-1-6(5-8(7)20-12)15-9(16)11(3-4-11)10(17)18/h1-2,5H,3-4H2,(H,15,16)(H,17,18). The second kappa shape index (κ2) is 3.81. The number of hydrogen-bond acceptors (Lipinski definition) is 4. The Labute approximate surface area is 111 Å². The van der Waals surface area contributed by atoms with Crippen molar-refractivity contribution in [2.24, 2.45) is 5.41 Å². The normalized spacial score (nSPS) is 20.3. The first-order chi connectivity index (χ1) is 9.32. The molecule has 0 saturated heterocycles. The zero-order valence-corrected chi connectivity index (χ0v) is 9.98. The predicted octanol–water partition coefficient (Wildman–Crippen LogP) is 1.81. The lowest BCUT2D eigenvalue weighted by Crippen LogP contribution is -2.31. The van der Waals surface area contributed by atoms with E-state index >= 15 is 0 Å². The van der Waals surface area contributed by atoms with Crippen LogP contribution in [0, 0.1) is 5.41 Å². The minimum atomic E-state index is -3.73. The second-order valence-electron chi connectivity index (χ2n) is 4.67. The summed E-state index contributed by atoms with van der Waals surface area (Å²) in [6.45, 7) is 0. The van der Waals surface area contributed by atoms with E-state index in [1.165, 1.54) is 12.1 Å². The van der Waals surface area contributed by atoms with Crippen LogP contribution in [0.2, 0.25) is 0 Å². The fourth-order valence-electron chi connectivity index (χ4n) is 1.94. The number of ether oxygens (including phenoxy) is 2. The molecule has 1 aromatic carbocycles. The van der Waals surface area contributed by atoms with Gasteiger partial charge in [-0.1, -0.05) is 0 Å². The molecule has 1 heterocycles. The number of amides is 1. The van der Waals surface area contributed by atoms with Gasteiger partial charge in [-0.05, 0) is 25.0 Å². The van der Waals surface area contributed by atoms with E-state index in [9.17, 15) is 18.4 Å². The molecule has 2 N–H and O–H groups in total. The van der Waals surface area contributed by atoms with Gasteiger partial charge in [0.2, 0.25) is 5.91 Å². The quantitative estimate of drug-likeness (QED) is 0.827. The molecule has 0 spiro atoms. The molecule has 2 aliphatic rings. The first kappa shape index (κ1) is 12.6. The number of carbonyl (C=O) groups excluding carboxylic acids is 1. The number of halogens is 2. The third-order valence-electron chi connectivity index (χ3n) is 3.25. The summed E-state index contributed by atoms with van der Waals surface area (Å²) < 4.78 is 34.1. The van der Waals surface area contributed by atoms with E-state index < -0.39 is 23.6 Å². The van der Waals surface area contributed by atoms with Crippen molar-refractivity contribution in [2.45, 2.75) is 19.1 Å². The van der Waals surface area contributed by atoms with Gasteiger partial charge in [0.15, 0.2) is 11.5 Å². The van der Waals surface area contributed by atoms with E-state index in [0.717, 1.165) is 6.07 Å². The molecule has 1 aliphatic carbocycles. The highest BCUT2D eigenvalue weighted by molar-refractivity contribution is 6.10. The Bertz CT molecular complexity index is 612. The van der Waals surface area contributed by atoms with Gasteiger partial charge in [-0.3, -0.25) is 9.59 Å². The van der Waals surface area contributed by atoms with E-state index in [1.54, 1.807) is 0 Å². The average molecular weight is 285 g/mol. The van der Waals surface area contributed by atoms with Gasteiger partial charge in [0.25, 0.3) is 0 Å². The molecule has 1 amide bonds. The fourth-order valence-corrected chi connectivity index (χ4v) is 1.94. The molecule has 8 heteroatoms. The Morgan fingerprint density at radius 1 is 1.20 bits per heavy atom. The number of alkyl halides is 2. The first-order valence-corrected chi connectivity index (χ1v) is 5.77. The van der Waals surface area contributed by atoms with E-state index in [-0.39, 0.29) is 30.0 Å². The number of carboxylic acid groups (broad SMARTS) is 1. The Morgan fingerprint density at radius 3 is 2.45 bits per heavy atom. The second-order valence-corrected chi connectivity index (χ2v) is 4.67. The van der Waals surface area contributed by atoms with Crippen LogP contribution >= 0.6 is 0 Å². The van der Waals surface area contributed by atoms with E-state index in [2.05, 4.69) is 14.8 Å².